The van der Waals surface area contributed by atoms with Gasteiger partial charge < -0.3 is 19.4 Å². The van der Waals surface area contributed by atoms with E-state index >= 15 is 0 Å². The number of para-hydroxylation sites is 1. The van der Waals surface area contributed by atoms with E-state index in [0.717, 1.165) is 33.8 Å². The van der Waals surface area contributed by atoms with Crippen molar-refractivity contribution in [3.8, 4) is 22.4 Å². The van der Waals surface area contributed by atoms with Crippen molar-refractivity contribution in [2.24, 2.45) is 0 Å². The van der Waals surface area contributed by atoms with Crippen LogP contribution in [-0.4, -0.2) is 30.0 Å². The van der Waals surface area contributed by atoms with Gasteiger partial charge in [-0.25, -0.2) is 4.39 Å². The molecule has 0 saturated carbocycles. The Kier molecular flexibility index (Phi) is 7.49. The number of benzene rings is 3. The summed E-state index contributed by atoms with van der Waals surface area (Å²) < 4.78 is 27.6. The molecule has 1 fully saturated rings. The van der Waals surface area contributed by atoms with Gasteiger partial charge >= 0.3 is 0 Å². The maximum atomic E-state index is 14.0. The van der Waals surface area contributed by atoms with Gasteiger partial charge in [0.15, 0.2) is 6.29 Å². The summed E-state index contributed by atoms with van der Waals surface area (Å²) in [5, 5.41) is 3.10. The number of carbonyl (C=O) groups excluding carboxylic acids is 1. The van der Waals surface area contributed by atoms with E-state index in [2.05, 4.69) is 23.7 Å². The lowest BCUT2D eigenvalue weighted by atomic mass is 9.94. The molecule has 2 heterocycles. The third-order valence-corrected chi connectivity index (χ3v) is 6.57. The van der Waals surface area contributed by atoms with Crippen LogP contribution in [0.3, 0.4) is 0 Å². The molecule has 0 radical (unpaired) electrons. The van der Waals surface area contributed by atoms with Crippen LogP contribution in [0.4, 0.5) is 10.1 Å². The predicted molar refractivity (Wildman–Crippen MR) is 144 cm³/mol. The lowest BCUT2D eigenvalue weighted by molar-refractivity contribution is -0.0490. The Hall–Kier alpha value is -3.74. The average molecular weight is 499 g/mol. The van der Waals surface area contributed by atoms with Crippen molar-refractivity contribution in [3.63, 3.8) is 0 Å². The monoisotopic (exact) mass is 498 g/mol. The number of carbonyl (C=O) groups is 1. The molecule has 1 aliphatic rings. The summed E-state index contributed by atoms with van der Waals surface area (Å²) in [6.45, 7) is 5.94. The summed E-state index contributed by atoms with van der Waals surface area (Å²) >= 11 is 0. The first kappa shape index (κ1) is 24.9. The molecular weight excluding hydrogens is 467 g/mol. The summed E-state index contributed by atoms with van der Waals surface area (Å²) in [6, 6.07) is 25.9. The number of amides is 1. The second-order valence-electron chi connectivity index (χ2n) is 9.44. The summed E-state index contributed by atoms with van der Waals surface area (Å²) in [6.07, 6.45) is 0.349. The van der Waals surface area contributed by atoms with Gasteiger partial charge in [-0.1, -0.05) is 62.4 Å². The van der Waals surface area contributed by atoms with Crippen LogP contribution in [0.1, 0.15) is 42.2 Å². The fourth-order valence-electron chi connectivity index (χ4n) is 5.02. The number of rotatable bonds is 8. The highest BCUT2D eigenvalue weighted by Crippen LogP contribution is 2.42. The van der Waals surface area contributed by atoms with Gasteiger partial charge in [-0.15, -0.1) is 0 Å². The SMILES string of the molecule is CC(C)c1c(C(=O)Nc2ccccc2)c(-c2ccccc2)c(-c2ccc(F)cc2)n1CCC1OCCO1. The van der Waals surface area contributed by atoms with Crippen molar-refractivity contribution in [1.82, 2.24) is 4.57 Å². The van der Waals surface area contributed by atoms with Crippen molar-refractivity contribution < 1.29 is 18.7 Å². The summed E-state index contributed by atoms with van der Waals surface area (Å²) in [7, 11) is 0. The molecule has 0 aliphatic carbocycles. The first-order valence-corrected chi connectivity index (χ1v) is 12.7. The average Bonchev–Trinajstić information content (AvgIpc) is 3.55. The van der Waals surface area contributed by atoms with Crippen LogP contribution in [0.15, 0.2) is 84.9 Å². The lowest BCUT2D eigenvalue weighted by Gasteiger charge is -2.19. The van der Waals surface area contributed by atoms with E-state index in [4.69, 9.17) is 9.47 Å². The number of nitrogens with one attached hydrogen (secondary N) is 1. The molecule has 0 bridgehead atoms. The molecule has 6 heteroatoms. The van der Waals surface area contributed by atoms with Gasteiger partial charge in [-0.05, 0) is 53.4 Å². The highest BCUT2D eigenvalue weighted by atomic mass is 19.1. The third-order valence-electron chi connectivity index (χ3n) is 6.57. The summed E-state index contributed by atoms with van der Waals surface area (Å²) in [5.41, 5.74) is 5.75. The number of hydrogen-bond donors (Lipinski definition) is 1. The minimum Gasteiger partial charge on any atom is -0.350 e. The van der Waals surface area contributed by atoms with Crippen LogP contribution in [-0.2, 0) is 16.0 Å². The molecule has 1 amide bonds. The van der Waals surface area contributed by atoms with Gasteiger partial charge in [0, 0.05) is 29.9 Å². The van der Waals surface area contributed by atoms with Crippen LogP contribution in [0.2, 0.25) is 0 Å². The Labute approximate surface area is 216 Å². The second-order valence-corrected chi connectivity index (χ2v) is 9.44. The number of aromatic nitrogens is 1. The van der Waals surface area contributed by atoms with Crippen molar-refractivity contribution >= 4 is 11.6 Å². The van der Waals surface area contributed by atoms with Crippen LogP contribution < -0.4 is 5.32 Å². The number of hydrogen-bond acceptors (Lipinski definition) is 3. The van der Waals surface area contributed by atoms with Crippen molar-refractivity contribution in [2.45, 2.75) is 39.0 Å². The smallest absolute Gasteiger partial charge is 0.258 e. The molecule has 0 unspecified atom stereocenters. The predicted octanol–water partition coefficient (Wildman–Crippen LogP) is 7.10. The molecular formula is C31H31FN2O3. The fraction of sp³-hybridized carbons (Fsp3) is 0.258. The number of anilines is 1. The summed E-state index contributed by atoms with van der Waals surface area (Å²) in [4.78, 5) is 14.0. The quantitative estimate of drug-likeness (QED) is 0.282. The maximum absolute atomic E-state index is 14.0. The van der Waals surface area contributed by atoms with Gasteiger partial charge in [0.25, 0.3) is 5.91 Å². The zero-order valence-corrected chi connectivity index (χ0v) is 21.1. The topological polar surface area (TPSA) is 52.5 Å². The highest BCUT2D eigenvalue weighted by Gasteiger charge is 2.31. The number of halogens is 1. The Morgan fingerprint density at radius 3 is 2.16 bits per heavy atom. The van der Waals surface area contributed by atoms with Gasteiger partial charge in [-0.2, -0.15) is 0 Å². The minimum absolute atomic E-state index is 0.0404. The van der Waals surface area contributed by atoms with E-state index in [-0.39, 0.29) is 23.9 Å². The van der Waals surface area contributed by atoms with Gasteiger partial charge in [-0.3, -0.25) is 4.79 Å². The van der Waals surface area contributed by atoms with Gasteiger partial charge in [0.2, 0.25) is 0 Å². The van der Waals surface area contributed by atoms with Gasteiger partial charge in [0.05, 0.1) is 24.5 Å². The molecule has 190 valence electrons. The molecule has 5 rings (SSSR count). The first-order valence-electron chi connectivity index (χ1n) is 12.7. The van der Waals surface area contributed by atoms with E-state index in [0.29, 0.717) is 31.7 Å². The zero-order chi connectivity index (χ0) is 25.8. The van der Waals surface area contributed by atoms with E-state index in [1.54, 1.807) is 12.1 Å². The van der Waals surface area contributed by atoms with Crippen LogP contribution in [0, 0.1) is 5.82 Å². The van der Waals surface area contributed by atoms with Crippen LogP contribution >= 0.6 is 0 Å². The van der Waals surface area contributed by atoms with E-state index < -0.39 is 0 Å². The highest BCUT2D eigenvalue weighted by molar-refractivity contribution is 6.12. The standard InChI is InChI=1S/C31H31FN2O3/c1-21(2)29-28(31(35)33-25-11-7-4-8-12-25)27(22-9-5-3-6-10-22)30(23-13-15-24(32)16-14-23)34(29)18-17-26-36-19-20-37-26/h3-16,21,26H,17-20H2,1-2H3,(H,33,35). The molecule has 37 heavy (non-hydrogen) atoms. The van der Waals surface area contributed by atoms with Gasteiger partial charge in [0.1, 0.15) is 5.82 Å². The lowest BCUT2D eigenvalue weighted by Crippen LogP contribution is -2.18. The van der Waals surface area contributed by atoms with Crippen LogP contribution in [0.25, 0.3) is 22.4 Å². The largest absolute Gasteiger partial charge is 0.350 e. The number of nitrogens with zero attached hydrogens (tertiary/aromatic N) is 1. The third kappa shape index (κ3) is 5.36. The Morgan fingerprint density at radius 1 is 0.919 bits per heavy atom. The molecule has 0 atom stereocenters. The molecule has 1 aliphatic heterocycles. The molecule has 4 aromatic rings. The first-order chi connectivity index (χ1) is 18.0. The second kappa shape index (κ2) is 11.1. The van der Waals surface area contributed by atoms with Crippen molar-refractivity contribution in [3.05, 3.63) is 102 Å². The van der Waals surface area contributed by atoms with Crippen LogP contribution in [0.5, 0.6) is 0 Å². The van der Waals surface area contributed by atoms with E-state index in [1.807, 2.05) is 60.7 Å². The molecule has 1 saturated heterocycles. The van der Waals surface area contributed by atoms with Crippen molar-refractivity contribution in [2.75, 3.05) is 18.5 Å². The zero-order valence-electron chi connectivity index (χ0n) is 21.1. The Morgan fingerprint density at radius 2 is 1.54 bits per heavy atom. The summed E-state index contributed by atoms with van der Waals surface area (Å²) in [5.74, 6) is -0.440. The van der Waals surface area contributed by atoms with Crippen molar-refractivity contribution in [1.29, 1.82) is 0 Å². The van der Waals surface area contributed by atoms with E-state index in [1.165, 1.54) is 12.1 Å². The molecule has 0 spiro atoms. The molecule has 1 N–H and O–H groups in total. The Balaban J connectivity index is 1.74. The molecule has 3 aromatic carbocycles. The number of ether oxygens (including phenoxy) is 2. The normalized spacial score (nSPS) is 13.8. The Bertz CT molecular complexity index is 1340. The minimum atomic E-state index is -0.304. The maximum Gasteiger partial charge on any atom is 0.258 e. The molecule has 5 nitrogen and oxygen atoms in total. The fourth-order valence-corrected chi connectivity index (χ4v) is 5.02. The molecule has 1 aromatic heterocycles. The van der Waals surface area contributed by atoms with E-state index in [9.17, 15) is 9.18 Å².